The highest BCUT2D eigenvalue weighted by Crippen LogP contribution is 2.40. The molecule has 4 nitrogen and oxygen atoms in total. The summed E-state index contributed by atoms with van der Waals surface area (Å²) in [6.45, 7) is 0.910. The fraction of sp³-hybridized carbons (Fsp3) is 0.611. The largest absolute Gasteiger partial charge is 0.416 e. The van der Waals surface area contributed by atoms with Crippen molar-refractivity contribution in [1.29, 1.82) is 0 Å². The van der Waals surface area contributed by atoms with Crippen LogP contribution in [0.5, 0.6) is 0 Å². The number of hydrogen-bond acceptors (Lipinski definition) is 3. The molecular weight excluding hydrogens is 352 g/mol. The Morgan fingerprint density at radius 3 is 2.62 bits per heavy atom. The number of fused-ring (bicyclic) bond motifs is 1. The number of piperidine rings is 1. The lowest BCUT2D eigenvalue weighted by atomic mass is 9.91. The van der Waals surface area contributed by atoms with Gasteiger partial charge in [-0.3, -0.25) is 4.79 Å². The van der Waals surface area contributed by atoms with Gasteiger partial charge >= 0.3 is 6.18 Å². The Kier molecular flexibility index (Phi) is 4.43. The maximum atomic E-state index is 14.2. The first kappa shape index (κ1) is 17.7. The van der Waals surface area contributed by atoms with Crippen LogP contribution in [0.1, 0.15) is 24.0 Å². The second-order valence-electron chi connectivity index (χ2n) is 7.48. The van der Waals surface area contributed by atoms with E-state index < -0.39 is 17.6 Å². The number of benzene rings is 1. The molecule has 2 saturated heterocycles. The van der Waals surface area contributed by atoms with Gasteiger partial charge in [0, 0.05) is 18.0 Å². The van der Waals surface area contributed by atoms with E-state index in [-0.39, 0.29) is 35.9 Å². The van der Waals surface area contributed by atoms with Crippen LogP contribution in [0.25, 0.3) is 0 Å². The molecule has 2 heterocycles. The van der Waals surface area contributed by atoms with E-state index in [4.69, 9.17) is 4.74 Å². The first-order valence-electron chi connectivity index (χ1n) is 8.81. The SMILES string of the molecule is O=C(NC(Cc1ccc(C(F)(F)F)cc1F)C1COC1)[C@H]1C[C@H]2C[C@H]2N1. The van der Waals surface area contributed by atoms with Crippen LogP contribution < -0.4 is 10.6 Å². The molecule has 1 amide bonds. The number of hydrogen-bond donors (Lipinski definition) is 2. The number of ether oxygens (including phenoxy) is 1. The van der Waals surface area contributed by atoms with Crippen molar-refractivity contribution >= 4 is 5.91 Å². The summed E-state index contributed by atoms with van der Waals surface area (Å²) < 4.78 is 57.4. The van der Waals surface area contributed by atoms with Crippen LogP contribution in [0.15, 0.2) is 18.2 Å². The second-order valence-corrected chi connectivity index (χ2v) is 7.48. The minimum atomic E-state index is -4.58. The van der Waals surface area contributed by atoms with Crippen molar-refractivity contribution in [2.24, 2.45) is 11.8 Å². The minimum absolute atomic E-state index is 0.0385. The molecule has 0 radical (unpaired) electrons. The third kappa shape index (κ3) is 3.57. The van der Waals surface area contributed by atoms with Crippen molar-refractivity contribution in [3.63, 3.8) is 0 Å². The Hall–Kier alpha value is -1.67. The van der Waals surface area contributed by atoms with E-state index in [2.05, 4.69) is 10.6 Å². The molecule has 1 saturated carbocycles. The zero-order chi connectivity index (χ0) is 18.5. The maximum Gasteiger partial charge on any atom is 0.416 e. The summed E-state index contributed by atoms with van der Waals surface area (Å²) in [5.74, 6) is -0.416. The normalized spacial score (nSPS) is 29.0. The van der Waals surface area contributed by atoms with Gasteiger partial charge in [0.05, 0.1) is 24.8 Å². The molecule has 142 valence electrons. The number of halogens is 4. The Labute approximate surface area is 148 Å². The van der Waals surface area contributed by atoms with Crippen LogP contribution in [0.4, 0.5) is 17.6 Å². The molecule has 4 atom stereocenters. The van der Waals surface area contributed by atoms with Gasteiger partial charge in [-0.25, -0.2) is 4.39 Å². The Morgan fingerprint density at radius 2 is 2.08 bits per heavy atom. The smallest absolute Gasteiger partial charge is 0.381 e. The van der Waals surface area contributed by atoms with Gasteiger partial charge in [0.15, 0.2) is 0 Å². The molecule has 3 fully saturated rings. The summed E-state index contributed by atoms with van der Waals surface area (Å²) in [6.07, 6.45) is -2.52. The first-order chi connectivity index (χ1) is 12.3. The highest BCUT2D eigenvalue weighted by Gasteiger charge is 2.48. The van der Waals surface area contributed by atoms with Gasteiger partial charge in [0.1, 0.15) is 5.82 Å². The summed E-state index contributed by atoms with van der Waals surface area (Å²) in [4.78, 5) is 12.5. The molecule has 26 heavy (non-hydrogen) atoms. The summed E-state index contributed by atoms with van der Waals surface area (Å²) in [5, 5.41) is 6.22. The van der Waals surface area contributed by atoms with Gasteiger partial charge in [-0.1, -0.05) is 6.07 Å². The molecule has 1 aromatic carbocycles. The topological polar surface area (TPSA) is 50.4 Å². The predicted molar refractivity (Wildman–Crippen MR) is 84.8 cm³/mol. The molecule has 8 heteroatoms. The van der Waals surface area contributed by atoms with E-state index in [0.29, 0.717) is 31.2 Å². The number of carbonyl (C=O) groups is 1. The molecule has 0 aromatic heterocycles. The van der Waals surface area contributed by atoms with E-state index in [1.807, 2.05) is 0 Å². The fourth-order valence-electron chi connectivity index (χ4n) is 3.76. The molecule has 0 bridgehead atoms. The van der Waals surface area contributed by atoms with Gasteiger partial charge in [0.2, 0.25) is 5.91 Å². The van der Waals surface area contributed by atoms with E-state index in [1.165, 1.54) is 0 Å². The van der Waals surface area contributed by atoms with Crippen molar-refractivity contribution in [3.05, 3.63) is 35.1 Å². The predicted octanol–water partition coefficient (Wildman–Crippen LogP) is 2.27. The fourth-order valence-corrected chi connectivity index (χ4v) is 3.76. The molecular formula is C18H20F4N2O2. The summed E-state index contributed by atoms with van der Waals surface area (Å²) in [5.41, 5.74) is -0.849. The van der Waals surface area contributed by atoms with Crippen LogP contribution in [0.2, 0.25) is 0 Å². The average Bonchev–Trinajstić information content (AvgIpc) is 3.12. The van der Waals surface area contributed by atoms with E-state index in [9.17, 15) is 22.4 Å². The Balaban J connectivity index is 1.44. The molecule has 1 aliphatic carbocycles. The minimum Gasteiger partial charge on any atom is -0.381 e. The maximum absolute atomic E-state index is 14.2. The lowest BCUT2D eigenvalue weighted by Crippen LogP contribution is -2.53. The molecule has 1 aromatic rings. The van der Waals surface area contributed by atoms with Gasteiger partial charge in [-0.15, -0.1) is 0 Å². The van der Waals surface area contributed by atoms with E-state index >= 15 is 0 Å². The highest BCUT2D eigenvalue weighted by atomic mass is 19.4. The van der Waals surface area contributed by atoms with Crippen molar-refractivity contribution < 1.29 is 27.1 Å². The summed E-state index contributed by atoms with van der Waals surface area (Å²) in [6, 6.07) is 2.38. The summed E-state index contributed by atoms with van der Waals surface area (Å²) >= 11 is 0. The van der Waals surface area contributed by atoms with Crippen molar-refractivity contribution in [2.45, 2.75) is 43.6 Å². The monoisotopic (exact) mass is 372 g/mol. The van der Waals surface area contributed by atoms with Crippen molar-refractivity contribution in [3.8, 4) is 0 Å². The molecule has 2 N–H and O–H groups in total. The van der Waals surface area contributed by atoms with Crippen LogP contribution >= 0.6 is 0 Å². The van der Waals surface area contributed by atoms with E-state index in [1.54, 1.807) is 0 Å². The van der Waals surface area contributed by atoms with Crippen LogP contribution in [-0.4, -0.2) is 37.2 Å². The average molecular weight is 372 g/mol. The summed E-state index contributed by atoms with van der Waals surface area (Å²) in [7, 11) is 0. The zero-order valence-electron chi connectivity index (χ0n) is 14.0. The molecule has 4 rings (SSSR count). The van der Waals surface area contributed by atoms with Crippen LogP contribution in [-0.2, 0) is 22.1 Å². The number of amides is 1. The van der Waals surface area contributed by atoms with Crippen molar-refractivity contribution in [2.75, 3.05) is 13.2 Å². The Morgan fingerprint density at radius 1 is 1.31 bits per heavy atom. The number of nitrogens with one attached hydrogen (secondary N) is 2. The van der Waals surface area contributed by atoms with Gasteiger partial charge in [-0.05, 0) is 42.9 Å². The second kappa shape index (κ2) is 6.49. The van der Waals surface area contributed by atoms with E-state index in [0.717, 1.165) is 25.0 Å². The molecule has 2 aliphatic heterocycles. The quantitative estimate of drug-likeness (QED) is 0.780. The Bertz CT molecular complexity index is 695. The standard InChI is InChI=1S/C18H20F4N2O2/c19-13-6-12(18(20,21)22)2-1-9(13)3-15(11-7-26-8-11)24-17(25)16-5-10-4-14(10)23-16/h1-2,6,10-11,14-16,23H,3-5,7-8H2,(H,24,25)/t10-,14-,15?,16-/m1/s1. The zero-order valence-corrected chi connectivity index (χ0v) is 14.0. The van der Waals surface area contributed by atoms with Gasteiger partial charge in [0.25, 0.3) is 0 Å². The number of rotatable bonds is 5. The highest BCUT2D eigenvalue weighted by molar-refractivity contribution is 5.82. The van der Waals surface area contributed by atoms with Gasteiger partial charge in [-0.2, -0.15) is 13.2 Å². The lowest BCUT2D eigenvalue weighted by Gasteiger charge is -2.35. The molecule has 1 unspecified atom stereocenters. The first-order valence-corrected chi connectivity index (χ1v) is 8.81. The lowest BCUT2D eigenvalue weighted by molar-refractivity contribution is -0.137. The van der Waals surface area contributed by atoms with Crippen LogP contribution in [0.3, 0.4) is 0 Å². The molecule has 3 aliphatic rings. The molecule has 0 spiro atoms. The van der Waals surface area contributed by atoms with Crippen LogP contribution in [0, 0.1) is 17.7 Å². The van der Waals surface area contributed by atoms with Gasteiger partial charge < -0.3 is 15.4 Å². The number of alkyl halides is 3. The third-order valence-electron chi connectivity index (χ3n) is 5.57. The third-order valence-corrected chi connectivity index (χ3v) is 5.57. The van der Waals surface area contributed by atoms with Crippen molar-refractivity contribution in [1.82, 2.24) is 10.6 Å². The number of carbonyl (C=O) groups excluding carboxylic acids is 1.